The van der Waals surface area contributed by atoms with Crippen LogP contribution in [0.15, 0.2) is 11.4 Å². The standard InChI is InChI=1S/C15H20N4O2S/c1-4-19-11-5-7-18(12(9-21-3)13(11)16-17-19)15(20)14-10(2)6-8-22-14/h6,8,12H,4-5,7,9H2,1-3H3. The minimum Gasteiger partial charge on any atom is -0.382 e. The van der Waals surface area contributed by atoms with Crippen molar-refractivity contribution in [3.63, 3.8) is 0 Å². The maximum Gasteiger partial charge on any atom is 0.264 e. The molecule has 2 aromatic rings. The van der Waals surface area contributed by atoms with Gasteiger partial charge in [-0.05, 0) is 30.9 Å². The van der Waals surface area contributed by atoms with Gasteiger partial charge in [0.15, 0.2) is 0 Å². The van der Waals surface area contributed by atoms with E-state index in [1.54, 1.807) is 7.11 Å². The minimum absolute atomic E-state index is 0.0613. The first-order chi connectivity index (χ1) is 10.7. The molecule has 0 bridgehead atoms. The average Bonchev–Trinajstić information content (AvgIpc) is 3.13. The molecule has 0 saturated heterocycles. The van der Waals surface area contributed by atoms with Crippen molar-refractivity contribution in [2.75, 3.05) is 20.3 Å². The fourth-order valence-corrected chi connectivity index (χ4v) is 3.82. The highest BCUT2D eigenvalue weighted by atomic mass is 32.1. The fraction of sp³-hybridized carbons (Fsp3) is 0.533. The molecule has 0 aromatic carbocycles. The molecule has 0 saturated carbocycles. The lowest BCUT2D eigenvalue weighted by atomic mass is 10.0. The molecule has 0 spiro atoms. The van der Waals surface area contributed by atoms with E-state index in [0.717, 1.165) is 34.8 Å². The summed E-state index contributed by atoms with van der Waals surface area (Å²) in [5.41, 5.74) is 3.02. The number of fused-ring (bicyclic) bond motifs is 1. The molecule has 0 fully saturated rings. The Morgan fingerprint density at radius 2 is 2.36 bits per heavy atom. The number of hydrogen-bond acceptors (Lipinski definition) is 5. The van der Waals surface area contributed by atoms with Crippen molar-refractivity contribution in [3.8, 4) is 0 Å². The highest BCUT2D eigenvalue weighted by Gasteiger charge is 2.35. The molecule has 0 radical (unpaired) electrons. The Labute approximate surface area is 133 Å². The maximum absolute atomic E-state index is 12.9. The number of amides is 1. The van der Waals surface area contributed by atoms with Gasteiger partial charge in [-0.1, -0.05) is 5.21 Å². The second kappa shape index (κ2) is 6.18. The first-order valence-corrected chi connectivity index (χ1v) is 8.31. The predicted molar refractivity (Wildman–Crippen MR) is 84.1 cm³/mol. The maximum atomic E-state index is 12.9. The molecule has 1 unspecified atom stereocenters. The second-order valence-corrected chi connectivity index (χ2v) is 6.31. The third-order valence-electron chi connectivity index (χ3n) is 4.09. The third-order valence-corrected chi connectivity index (χ3v) is 5.09. The van der Waals surface area contributed by atoms with Crippen LogP contribution >= 0.6 is 11.3 Å². The summed E-state index contributed by atoms with van der Waals surface area (Å²) < 4.78 is 7.25. The number of hydrogen-bond donors (Lipinski definition) is 0. The van der Waals surface area contributed by atoms with Crippen molar-refractivity contribution in [1.29, 1.82) is 0 Å². The van der Waals surface area contributed by atoms with Crippen molar-refractivity contribution < 1.29 is 9.53 Å². The first kappa shape index (κ1) is 15.2. The van der Waals surface area contributed by atoms with Gasteiger partial charge in [0.2, 0.25) is 0 Å². The molecule has 1 aliphatic rings. The molecule has 2 aromatic heterocycles. The number of thiophene rings is 1. The van der Waals surface area contributed by atoms with Crippen LogP contribution in [0.25, 0.3) is 0 Å². The summed E-state index contributed by atoms with van der Waals surface area (Å²) in [6.45, 7) is 5.92. The van der Waals surface area contributed by atoms with Gasteiger partial charge in [-0.2, -0.15) is 0 Å². The van der Waals surface area contributed by atoms with Gasteiger partial charge in [0, 0.05) is 26.6 Å². The van der Waals surface area contributed by atoms with Gasteiger partial charge in [-0.25, -0.2) is 4.68 Å². The average molecular weight is 320 g/mol. The summed E-state index contributed by atoms with van der Waals surface area (Å²) >= 11 is 1.49. The Hall–Kier alpha value is -1.73. The molecule has 1 aliphatic heterocycles. The minimum atomic E-state index is -0.164. The van der Waals surface area contributed by atoms with Gasteiger partial charge in [0.1, 0.15) is 11.7 Å². The Morgan fingerprint density at radius 1 is 1.55 bits per heavy atom. The SMILES string of the molecule is CCn1nnc2c1CCN(C(=O)c1sccc1C)C2COC. The van der Waals surface area contributed by atoms with Gasteiger partial charge in [0.25, 0.3) is 5.91 Å². The van der Waals surface area contributed by atoms with E-state index in [9.17, 15) is 4.79 Å². The van der Waals surface area contributed by atoms with Crippen molar-refractivity contribution in [1.82, 2.24) is 19.9 Å². The molecule has 3 rings (SSSR count). The van der Waals surface area contributed by atoms with E-state index in [1.807, 2.05) is 34.9 Å². The van der Waals surface area contributed by atoms with Gasteiger partial charge in [0.05, 0.1) is 17.2 Å². The van der Waals surface area contributed by atoms with Crippen molar-refractivity contribution in [2.24, 2.45) is 0 Å². The number of aryl methyl sites for hydroxylation is 2. The molecule has 1 amide bonds. The first-order valence-electron chi connectivity index (χ1n) is 7.43. The Balaban J connectivity index is 1.95. The van der Waals surface area contributed by atoms with Crippen LogP contribution in [-0.4, -0.2) is 46.1 Å². The number of ether oxygens (including phenoxy) is 1. The van der Waals surface area contributed by atoms with Crippen LogP contribution < -0.4 is 0 Å². The van der Waals surface area contributed by atoms with Gasteiger partial charge >= 0.3 is 0 Å². The summed E-state index contributed by atoms with van der Waals surface area (Å²) in [5, 5.41) is 10.5. The molecule has 7 heteroatoms. The van der Waals surface area contributed by atoms with Crippen molar-refractivity contribution in [2.45, 2.75) is 32.9 Å². The summed E-state index contributed by atoms with van der Waals surface area (Å²) in [4.78, 5) is 15.6. The largest absolute Gasteiger partial charge is 0.382 e. The molecular formula is C15H20N4O2S. The Kier molecular flexibility index (Phi) is 4.26. The van der Waals surface area contributed by atoms with Gasteiger partial charge < -0.3 is 9.64 Å². The number of rotatable bonds is 4. The Morgan fingerprint density at radius 3 is 3.00 bits per heavy atom. The molecule has 0 aliphatic carbocycles. The number of carbonyl (C=O) groups is 1. The van der Waals surface area contributed by atoms with E-state index in [2.05, 4.69) is 10.3 Å². The topological polar surface area (TPSA) is 60.2 Å². The molecule has 22 heavy (non-hydrogen) atoms. The fourth-order valence-electron chi connectivity index (χ4n) is 2.94. The zero-order chi connectivity index (χ0) is 15.7. The molecule has 6 nitrogen and oxygen atoms in total. The predicted octanol–water partition coefficient (Wildman–Crippen LogP) is 2.05. The van der Waals surface area contributed by atoms with E-state index >= 15 is 0 Å². The summed E-state index contributed by atoms with van der Waals surface area (Å²) in [6.07, 6.45) is 0.784. The van der Waals surface area contributed by atoms with E-state index in [-0.39, 0.29) is 11.9 Å². The third kappa shape index (κ3) is 2.44. The second-order valence-electron chi connectivity index (χ2n) is 5.39. The van der Waals surface area contributed by atoms with E-state index in [0.29, 0.717) is 13.2 Å². The lowest BCUT2D eigenvalue weighted by molar-refractivity contribution is 0.0494. The molecule has 118 valence electrons. The smallest absolute Gasteiger partial charge is 0.264 e. The number of carbonyl (C=O) groups excluding carboxylic acids is 1. The quantitative estimate of drug-likeness (QED) is 0.865. The normalized spacial score (nSPS) is 17.6. The monoisotopic (exact) mass is 320 g/mol. The molecule has 3 heterocycles. The number of nitrogens with zero attached hydrogens (tertiary/aromatic N) is 4. The van der Waals surface area contributed by atoms with Gasteiger partial charge in [-0.15, -0.1) is 16.4 Å². The lowest BCUT2D eigenvalue weighted by Crippen LogP contribution is -2.42. The van der Waals surface area contributed by atoms with Crippen LogP contribution in [0.3, 0.4) is 0 Å². The highest BCUT2D eigenvalue weighted by molar-refractivity contribution is 7.12. The van der Waals surface area contributed by atoms with Gasteiger partial charge in [-0.3, -0.25) is 4.79 Å². The number of aromatic nitrogens is 3. The van der Waals surface area contributed by atoms with Crippen LogP contribution in [0.5, 0.6) is 0 Å². The summed E-state index contributed by atoms with van der Waals surface area (Å²) in [5.74, 6) is 0.0613. The number of methoxy groups -OCH3 is 1. The molecular weight excluding hydrogens is 300 g/mol. The van der Waals surface area contributed by atoms with Crippen LogP contribution in [0.4, 0.5) is 0 Å². The van der Waals surface area contributed by atoms with Crippen LogP contribution in [0.2, 0.25) is 0 Å². The van der Waals surface area contributed by atoms with Crippen molar-refractivity contribution in [3.05, 3.63) is 33.3 Å². The Bertz CT molecular complexity index is 679. The summed E-state index contributed by atoms with van der Waals surface area (Å²) in [6, 6.07) is 1.81. The summed E-state index contributed by atoms with van der Waals surface area (Å²) in [7, 11) is 1.65. The van der Waals surface area contributed by atoms with Crippen LogP contribution in [-0.2, 0) is 17.7 Å². The zero-order valence-corrected chi connectivity index (χ0v) is 13.9. The zero-order valence-electron chi connectivity index (χ0n) is 13.1. The van der Waals surface area contributed by atoms with Crippen LogP contribution in [0, 0.1) is 6.92 Å². The highest BCUT2D eigenvalue weighted by Crippen LogP contribution is 2.31. The van der Waals surface area contributed by atoms with E-state index < -0.39 is 0 Å². The van der Waals surface area contributed by atoms with E-state index in [1.165, 1.54) is 11.3 Å². The molecule has 1 atom stereocenters. The van der Waals surface area contributed by atoms with E-state index in [4.69, 9.17) is 4.74 Å². The van der Waals surface area contributed by atoms with Crippen molar-refractivity contribution >= 4 is 17.2 Å². The molecule has 0 N–H and O–H groups in total. The van der Waals surface area contributed by atoms with Crippen LogP contribution in [0.1, 0.15) is 39.6 Å². The lowest BCUT2D eigenvalue weighted by Gasteiger charge is -2.34.